The lowest BCUT2D eigenvalue weighted by atomic mass is 9.83. The molecule has 1 aromatic heterocycles. The molecule has 2 aromatic rings. The second-order valence-electron chi connectivity index (χ2n) is 17.1. The Morgan fingerprint density at radius 1 is 1.03 bits per heavy atom. The molecule has 2 saturated heterocycles. The average Bonchev–Trinajstić information content (AvgIpc) is 4.17. The summed E-state index contributed by atoms with van der Waals surface area (Å²) in [6, 6.07) is 5.24. The van der Waals surface area contributed by atoms with Crippen molar-refractivity contribution >= 4 is 50.8 Å². The number of fused-ring (bicyclic) bond motifs is 6. The first-order valence-electron chi connectivity index (χ1n) is 21.3. The molecule has 6 aliphatic rings. The molecule has 59 heavy (non-hydrogen) atoms. The van der Waals surface area contributed by atoms with Gasteiger partial charge in [0, 0.05) is 49.1 Å². The van der Waals surface area contributed by atoms with Gasteiger partial charge in [-0.25, -0.2) is 18.2 Å². The van der Waals surface area contributed by atoms with E-state index in [2.05, 4.69) is 21.9 Å². The molecule has 4 heterocycles. The van der Waals surface area contributed by atoms with Crippen molar-refractivity contribution in [3.8, 4) is 11.6 Å². The number of nitrogens with one attached hydrogen (secondary N) is 3. The first-order chi connectivity index (χ1) is 28.5. The van der Waals surface area contributed by atoms with E-state index >= 15 is 4.79 Å². The number of carbonyl (C=O) groups is 4. The highest BCUT2D eigenvalue weighted by atomic mass is 32.2. The van der Waals surface area contributed by atoms with Crippen LogP contribution in [0.3, 0.4) is 0 Å². The molecule has 16 heteroatoms. The molecule has 3 N–H and O–H groups in total. The Hall–Kier alpha value is -4.70. The zero-order valence-corrected chi connectivity index (χ0v) is 34.6. The predicted molar refractivity (Wildman–Crippen MR) is 220 cm³/mol. The second kappa shape index (κ2) is 17.1. The number of benzene rings is 1. The summed E-state index contributed by atoms with van der Waals surface area (Å²) < 4.78 is 46.3. The zero-order valence-electron chi connectivity index (χ0n) is 33.7. The van der Waals surface area contributed by atoms with Crippen LogP contribution in [0.5, 0.6) is 11.6 Å². The highest BCUT2D eigenvalue weighted by Crippen LogP contribution is 2.46. The zero-order chi connectivity index (χ0) is 41.3. The summed E-state index contributed by atoms with van der Waals surface area (Å²) in [5.74, 6) is -1.54. The molecular formula is C43H56N6O9S. The number of urea groups is 1. The van der Waals surface area contributed by atoms with E-state index in [0.29, 0.717) is 49.7 Å². The number of amides is 5. The quantitative estimate of drug-likeness (QED) is 0.326. The lowest BCUT2D eigenvalue weighted by Gasteiger charge is -2.37. The Labute approximate surface area is 345 Å². The molecule has 5 fully saturated rings. The molecule has 1 unspecified atom stereocenters. The summed E-state index contributed by atoms with van der Waals surface area (Å²) in [4.78, 5) is 65.5. The van der Waals surface area contributed by atoms with Gasteiger partial charge in [-0.3, -0.25) is 19.1 Å². The fraction of sp³-hybridized carbons (Fsp3) is 0.605. The Balaban J connectivity index is 1.14. The molecule has 0 radical (unpaired) electrons. The second-order valence-corrected chi connectivity index (χ2v) is 19.0. The summed E-state index contributed by atoms with van der Waals surface area (Å²) in [5.41, 5.74) is -0.176. The smallest absolute Gasteiger partial charge is 0.318 e. The van der Waals surface area contributed by atoms with Gasteiger partial charge in [0.2, 0.25) is 27.7 Å². The van der Waals surface area contributed by atoms with Crippen LogP contribution < -0.4 is 24.8 Å². The van der Waals surface area contributed by atoms with Gasteiger partial charge in [0.05, 0.1) is 30.5 Å². The standard InChI is InChI=1S/C43H56N6O9S/c1-3-30-24-43(30,41(52)47-59(54,55)34-17-18-34)46-38(50)36-23-33-26-49(36)40(51)37(27-11-6-4-7-12-27)45-42(53)48-19-10-14-32(25-48)57-20-9-5-8-13-29-21-28-15-16-31(56-2)22-35(28)44-39(29)58-33/h3,8,13,15-16,21-22,27,30,32-34,36-37H,1,4-7,9-12,14,17-20,23-26H2,2H3,(H,45,53)(H,46,50)(H,47,52)/b13-8+/t30?,32-,33+,36-,37-,43+/m0/s1. The molecule has 6 atom stereocenters. The van der Waals surface area contributed by atoms with Crippen molar-refractivity contribution in [2.24, 2.45) is 11.8 Å². The highest BCUT2D eigenvalue weighted by Gasteiger charge is 2.62. The van der Waals surface area contributed by atoms with Crippen molar-refractivity contribution < 1.29 is 41.8 Å². The maximum absolute atomic E-state index is 15.1. The predicted octanol–water partition coefficient (Wildman–Crippen LogP) is 4.21. The molecular weight excluding hydrogens is 777 g/mol. The van der Waals surface area contributed by atoms with E-state index in [1.54, 1.807) is 12.0 Å². The summed E-state index contributed by atoms with van der Waals surface area (Å²) in [7, 11) is -2.32. The Kier molecular flexibility index (Phi) is 11.9. The van der Waals surface area contributed by atoms with Crippen LogP contribution in [-0.2, 0) is 29.1 Å². The van der Waals surface area contributed by atoms with Crippen LogP contribution in [0, 0.1) is 11.8 Å². The molecule has 3 saturated carbocycles. The first kappa shape index (κ1) is 41.1. The minimum absolute atomic E-state index is 0.0107. The fourth-order valence-electron chi connectivity index (χ4n) is 9.21. The minimum atomic E-state index is -3.90. The molecule has 5 amide bonds. The molecule has 15 nitrogen and oxygen atoms in total. The molecule has 8 rings (SSSR count). The number of allylic oxidation sites excluding steroid dienone is 1. The molecule has 318 valence electrons. The van der Waals surface area contributed by atoms with Gasteiger partial charge in [-0.2, -0.15) is 0 Å². The fourth-order valence-corrected chi connectivity index (χ4v) is 10.6. The van der Waals surface area contributed by atoms with Crippen molar-refractivity contribution in [2.75, 3.05) is 33.4 Å². The molecule has 0 spiro atoms. The third-order valence-corrected chi connectivity index (χ3v) is 14.7. The number of sulfonamides is 1. The topological polar surface area (TPSA) is 186 Å². The summed E-state index contributed by atoms with van der Waals surface area (Å²) in [6.45, 7) is 5.34. The van der Waals surface area contributed by atoms with Crippen molar-refractivity contribution in [2.45, 2.75) is 119 Å². The van der Waals surface area contributed by atoms with Crippen LogP contribution in [0.25, 0.3) is 17.0 Å². The first-order valence-corrected chi connectivity index (χ1v) is 22.8. The Morgan fingerprint density at radius 2 is 1.85 bits per heavy atom. The molecule has 3 aliphatic heterocycles. The number of piperidine rings is 1. The summed E-state index contributed by atoms with van der Waals surface area (Å²) in [6.07, 6.45) is 13.4. The van der Waals surface area contributed by atoms with Gasteiger partial charge >= 0.3 is 6.03 Å². The third kappa shape index (κ3) is 8.93. The number of aromatic nitrogens is 1. The summed E-state index contributed by atoms with van der Waals surface area (Å²) >= 11 is 0. The van der Waals surface area contributed by atoms with E-state index in [4.69, 9.17) is 19.2 Å². The highest BCUT2D eigenvalue weighted by molar-refractivity contribution is 7.91. The largest absolute Gasteiger partial charge is 0.497 e. The number of nitrogens with zero attached hydrogens (tertiary/aromatic N) is 3. The number of hydrogen-bond acceptors (Lipinski definition) is 10. The van der Waals surface area contributed by atoms with Gasteiger partial charge in [0.1, 0.15) is 29.5 Å². The maximum atomic E-state index is 15.1. The monoisotopic (exact) mass is 832 g/mol. The van der Waals surface area contributed by atoms with Gasteiger partial charge in [-0.05, 0) is 81.9 Å². The van der Waals surface area contributed by atoms with E-state index in [-0.39, 0.29) is 37.4 Å². The third-order valence-electron chi connectivity index (χ3n) is 12.9. The van der Waals surface area contributed by atoms with E-state index in [1.165, 1.54) is 11.0 Å². The molecule has 4 bridgehead atoms. The van der Waals surface area contributed by atoms with E-state index in [1.807, 2.05) is 36.4 Å². The number of ether oxygens (including phenoxy) is 3. The van der Waals surface area contributed by atoms with Gasteiger partial charge in [0.15, 0.2) is 0 Å². The van der Waals surface area contributed by atoms with Crippen LogP contribution in [0.4, 0.5) is 4.79 Å². The van der Waals surface area contributed by atoms with Crippen LogP contribution in [0.15, 0.2) is 43.0 Å². The van der Waals surface area contributed by atoms with Gasteiger partial charge in [-0.15, -0.1) is 6.58 Å². The minimum Gasteiger partial charge on any atom is -0.497 e. The molecule has 3 aliphatic carbocycles. The number of methoxy groups -OCH3 is 1. The lowest BCUT2D eigenvalue weighted by molar-refractivity contribution is -0.142. The van der Waals surface area contributed by atoms with Crippen molar-refractivity contribution in [3.63, 3.8) is 0 Å². The van der Waals surface area contributed by atoms with Gasteiger partial charge in [0.25, 0.3) is 5.91 Å². The van der Waals surface area contributed by atoms with Gasteiger partial charge in [-0.1, -0.05) is 37.5 Å². The number of carbonyl (C=O) groups excluding carboxylic acids is 4. The normalized spacial score (nSPS) is 30.1. The Bertz CT molecular complexity index is 2100. The lowest BCUT2D eigenvalue weighted by Crippen LogP contribution is -2.60. The van der Waals surface area contributed by atoms with Crippen LogP contribution in [0.2, 0.25) is 0 Å². The van der Waals surface area contributed by atoms with Crippen molar-refractivity contribution in [1.29, 1.82) is 0 Å². The maximum Gasteiger partial charge on any atom is 0.318 e. The SMILES string of the molecule is C=CC1C[C@]1(NC(=O)[C@@H]1C[C@@H]2CN1C(=O)[C@H](C1CCCCC1)NC(=O)N1CCC[C@@H](C1)OCCC/C=C/c1cc3ccc(OC)cc3nc1O2)C(=O)NS(=O)(=O)C1CC1. The van der Waals surface area contributed by atoms with E-state index in [9.17, 15) is 22.8 Å². The number of rotatable bonds is 8. The van der Waals surface area contributed by atoms with Crippen LogP contribution in [0.1, 0.15) is 89.0 Å². The number of hydrogen-bond donors (Lipinski definition) is 3. The molecule has 1 aromatic carbocycles. The van der Waals surface area contributed by atoms with Crippen molar-refractivity contribution in [1.82, 2.24) is 30.1 Å². The number of pyridine rings is 1. The Morgan fingerprint density at radius 3 is 2.59 bits per heavy atom. The average molecular weight is 833 g/mol. The van der Waals surface area contributed by atoms with Crippen LogP contribution in [-0.4, -0.2) is 115 Å². The van der Waals surface area contributed by atoms with Crippen molar-refractivity contribution in [3.05, 3.63) is 48.6 Å². The van der Waals surface area contributed by atoms with Gasteiger partial charge < -0.3 is 34.6 Å². The van der Waals surface area contributed by atoms with E-state index in [0.717, 1.165) is 68.7 Å². The summed E-state index contributed by atoms with van der Waals surface area (Å²) in [5, 5.41) is 6.24. The van der Waals surface area contributed by atoms with E-state index < -0.39 is 62.6 Å². The van der Waals surface area contributed by atoms with Crippen LogP contribution >= 0.6 is 0 Å².